The summed E-state index contributed by atoms with van der Waals surface area (Å²) in [7, 11) is 0. The third-order valence-corrected chi connectivity index (χ3v) is 3.99. The Bertz CT molecular complexity index is 922. The first kappa shape index (κ1) is 14.6. The Hall–Kier alpha value is -2.96. The van der Waals surface area contributed by atoms with Crippen molar-refractivity contribution in [3.63, 3.8) is 0 Å². The number of aromatic nitrogens is 3. The Labute approximate surface area is 137 Å². The molecule has 3 aromatic rings. The molecule has 3 heterocycles. The summed E-state index contributed by atoms with van der Waals surface area (Å²) in [5.41, 5.74) is 2.55. The van der Waals surface area contributed by atoms with Crippen LogP contribution in [0.5, 0.6) is 5.75 Å². The monoisotopic (exact) mass is 326 g/mol. The van der Waals surface area contributed by atoms with E-state index in [4.69, 9.17) is 4.74 Å². The SMILES string of the molecule is O=C1NCCOc2ccc(F)cc2CCc2ccn3ncc1c3n2. The van der Waals surface area contributed by atoms with Gasteiger partial charge >= 0.3 is 0 Å². The van der Waals surface area contributed by atoms with Crippen LogP contribution in [0, 0.1) is 5.82 Å². The van der Waals surface area contributed by atoms with E-state index in [1.807, 2.05) is 6.07 Å². The van der Waals surface area contributed by atoms with Gasteiger partial charge in [0.05, 0.1) is 12.7 Å². The van der Waals surface area contributed by atoms with E-state index in [0.717, 1.165) is 11.3 Å². The zero-order valence-electron chi connectivity index (χ0n) is 12.8. The second-order valence-corrected chi connectivity index (χ2v) is 5.60. The highest BCUT2D eigenvalue weighted by molar-refractivity contribution is 5.99. The molecule has 0 unspecified atom stereocenters. The number of nitrogens with one attached hydrogen (secondary N) is 1. The van der Waals surface area contributed by atoms with Crippen molar-refractivity contribution in [3.8, 4) is 5.75 Å². The van der Waals surface area contributed by atoms with Crippen LogP contribution in [0.3, 0.4) is 0 Å². The fourth-order valence-corrected chi connectivity index (χ4v) is 2.77. The van der Waals surface area contributed by atoms with Crippen LogP contribution in [-0.2, 0) is 12.8 Å². The third-order valence-electron chi connectivity index (χ3n) is 3.99. The van der Waals surface area contributed by atoms with Gasteiger partial charge in [0, 0.05) is 11.9 Å². The van der Waals surface area contributed by atoms with Crippen molar-refractivity contribution >= 4 is 11.6 Å². The first-order valence-corrected chi connectivity index (χ1v) is 7.73. The first-order valence-electron chi connectivity index (χ1n) is 7.73. The summed E-state index contributed by atoms with van der Waals surface area (Å²) in [5.74, 6) is 0.0993. The molecule has 1 aliphatic rings. The molecule has 6 nitrogen and oxygen atoms in total. The molecule has 1 aliphatic heterocycles. The molecule has 122 valence electrons. The molecule has 24 heavy (non-hydrogen) atoms. The van der Waals surface area contributed by atoms with E-state index in [0.29, 0.717) is 43.0 Å². The lowest BCUT2D eigenvalue weighted by Gasteiger charge is -2.11. The van der Waals surface area contributed by atoms with E-state index in [2.05, 4.69) is 15.4 Å². The van der Waals surface area contributed by atoms with Crippen LogP contribution in [0.1, 0.15) is 21.6 Å². The van der Waals surface area contributed by atoms with Crippen LogP contribution in [-0.4, -0.2) is 33.7 Å². The number of ether oxygens (including phenoxy) is 1. The molecule has 1 aromatic carbocycles. The van der Waals surface area contributed by atoms with Gasteiger partial charge in [-0.2, -0.15) is 5.10 Å². The number of halogens is 1. The maximum atomic E-state index is 13.5. The normalized spacial score (nSPS) is 15.0. The minimum absolute atomic E-state index is 0.239. The van der Waals surface area contributed by atoms with Crippen LogP contribution in [0.2, 0.25) is 0 Å². The quantitative estimate of drug-likeness (QED) is 0.684. The maximum absolute atomic E-state index is 13.5. The zero-order chi connectivity index (χ0) is 16.5. The Morgan fingerprint density at radius 2 is 2.17 bits per heavy atom. The molecule has 1 N–H and O–H groups in total. The van der Waals surface area contributed by atoms with Gasteiger partial charge < -0.3 is 10.1 Å². The van der Waals surface area contributed by atoms with Crippen molar-refractivity contribution in [2.45, 2.75) is 12.8 Å². The van der Waals surface area contributed by atoms with Gasteiger partial charge in [0.1, 0.15) is 23.7 Å². The first-order chi connectivity index (χ1) is 11.7. The van der Waals surface area contributed by atoms with Crippen molar-refractivity contribution in [2.75, 3.05) is 13.2 Å². The molecule has 0 saturated carbocycles. The number of nitrogens with zero attached hydrogens (tertiary/aromatic N) is 3. The lowest BCUT2D eigenvalue weighted by atomic mass is 10.1. The Morgan fingerprint density at radius 1 is 1.25 bits per heavy atom. The summed E-state index contributed by atoms with van der Waals surface area (Å²) < 4.78 is 20.8. The van der Waals surface area contributed by atoms with E-state index >= 15 is 0 Å². The van der Waals surface area contributed by atoms with E-state index in [1.54, 1.807) is 16.8 Å². The van der Waals surface area contributed by atoms with E-state index in [-0.39, 0.29) is 11.7 Å². The van der Waals surface area contributed by atoms with Gasteiger partial charge in [0.15, 0.2) is 5.65 Å². The summed E-state index contributed by atoms with van der Waals surface area (Å²) in [6, 6.07) is 6.33. The summed E-state index contributed by atoms with van der Waals surface area (Å²) in [6.07, 6.45) is 4.49. The number of amides is 1. The van der Waals surface area contributed by atoms with Crippen LogP contribution >= 0.6 is 0 Å². The molecule has 1 amide bonds. The largest absolute Gasteiger partial charge is 0.491 e. The fraction of sp³-hybridized carbons (Fsp3) is 0.235. The van der Waals surface area contributed by atoms with E-state index < -0.39 is 0 Å². The van der Waals surface area contributed by atoms with Gasteiger partial charge in [-0.3, -0.25) is 4.79 Å². The fourth-order valence-electron chi connectivity index (χ4n) is 2.77. The highest BCUT2D eigenvalue weighted by atomic mass is 19.1. The van der Waals surface area contributed by atoms with Crippen LogP contribution in [0.25, 0.3) is 5.65 Å². The number of hydrogen-bond acceptors (Lipinski definition) is 4. The van der Waals surface area contributed by atoms with E-state index in [1.165, 1.54) is 18.3 Å². The maximum Gasteiger partial charge on any atom is 0.256 e. The molecule has 0 spiro atoms. The molecule has 0 aliphatic carbocycles. The zero-order valence-corrected chi connectivity index (χ0v) is 12.8. The molecule has 4 rings (SSSR count). The van der Waals surface area contributed by atoms with Gasteiger partial charge in [0.25, 0.3) is 5.91 Å². The Morgan fingerprint density at radius 3 is 3.08 bits per heavy atom. The number of fused-ring (bicyclic) bond motifs is 2. The second kappa shape index (κ2) is 5.92. The molecule has 0 fully saturated rings. The number of aryl methyl sites for hydroxylation is 2. The summed E-state index contributed by atoms with van der Waals surface area (Å²) in [5, 5.41) is 6.93. The topological polar surface area (TPSA) is 68.5 Å². The summed E-state index contributed by atoms with van der Waals surface area (Å²) in [6.45, 7) is 0.645. The number of carbonyl (C=O) groups excluding carboxylic acids is 1. The number of benzene rings is 1. The average molecular weight is 326 g/mol. The minimum atomic E-state index is -0.295. The van der Waals surface area contributed by atoms with Crippen LogP contribution in [0.4, 0.5) is 4.39 Å². The number of rotatable bonds is 0. The average Bonchev–Trinajstić information content (AvgIpc) is 3.00. The second-order valence-electron chi connectivity index (χ2n) is 5.60. The molecule has 7 heteroatoms. The molecular formula is C17H15FN4O2. The van der Waals surface area contributed by atoms with Gasteiger partial charge in [-0.25, -0.2) is 13.9 Å². The van der Waals surface area contributed by atoms with Gasteiger partial charge in [0.2, 0.25) is 0 Å². The predicted molar refractivity (Wildman–Crippen MR) is 84.6 cm³/mol. The molecule has 2 aromatic heterocycles. The molecule has 0 radical (unpaired) electrons. The Kier molecular flexibility index (Phi) is 3.60. The number of hydrogen-bond donors (Lipinski definition) is 1. The van der Waals surface area contributed by atoms with Crippen molar-refractivity contribution in [1.29, 1.82) is 0 Å². The highest BCUT2D eigenvalue weighted by Gasteiger charge is 2.15. The molecule has 0 saturated heterocycles. The third kappa shape index (κ3) is 2.68. The van der Waals surface area contributed by atoms with E-state index in [9.17, 15) is 9.18 Å². The lowest BCUT2D eigenvalue weighted by molar-refractivity contribution is 0.0948. The van der Waals surface area contributed by atoms with Crippen molar-refractivity contribution in [3.05, 3.63) is 59.3 Å². The van der Waals surface area contributed by atoms with Crippen molar-refractivity contribution < 1.29 is 13.9 Å². The van der Waals surface area contributed by atoms with Gasteiger partial charge in [-0.15, -0.1) is 0 Å². The predicted octanol–water partition coefficient (Wildman–Crippen LogP) is 1.78. The van der Waals surface area contributed by atoms with Gasteiger partial charge in [-0.1, -0.05) is 0 Å². The lowest BCUT2D eigenvalue weighted by Crippen LogP contribution is -2.28. The Balaban J connectivity index is 1.75. The van der Waals surface area contributed by atoms with Crippen LogP contribution in [0.15, 0.2) is 36.7 Å². The molecular weight excluding hydrogens is 311 g/mol. The smallest absolute Gasteiger partial charge is 0.256 e. The standard InChI is InChI=1S/C17H15FN4O2/c18-12-2-4-15-11(9-12)1-3-13-5-7-22-16(21-13)14(10-20-22)17(23)19-6-8-24-15/h2,4-5,7,9-10H,1,3,6,8H2,(H,19,23). The minimum Gasteiger partial charge on any atom is -0.491 e. The van der Waals surface area contributed by atoms with Crippen molar-refractivity contribution in [1.82, 2.24) is 19.9 Å². The summed E-state index contributed by atoms with van der Waals surface area (Å²) >= 11 is 0. The van der Waals surface area contributed by atoms with Crippen LogP contribution < -0.4 is 10.1 Å². The molecule has 0 atom stereocenters. The highest BCUT2D eigenvalue weighted by Crippen LogP contribution is 2.22. The molecule has 2 bridgehead atoms. The summed E-state index contributed by atoms with van der Waals surface area (Å²) in [4.78, 5) is 16.8. The van der Waals surface area contributed by atoms with Gasteiger partial charge in [-0.05, 0) is 42.7 Å². The number of carbonyl (C=O) groups is 1. The van der Waals surface area contributed by atoms with Crippen molar-refractivity contribution in [2.24, 2.45) is 0 Å².